The standard InChI is InChI=1S/C40H40F3N7O6/c41-27-7-12-35(44-20-27)56-28-8-3-25(17-28)31-19-33(48-47-31)45-39(55)40(42,43)26-5-1-22(2-6-26)21-49-15-13-23(14-16-49)24-4-9-29-30(18-24)38(54)50(37(29)53)32-10-11-34(51)46-36(32)52/h1-2,4-7,9,12,18-20,23,25,28,32,34,51H,3,8,10-11,13-17,21H2,(H,46,52)(H2,45,47,48,55)/t25-,28?,32?,34?/m0/s1. The molecule has 0 radical (unpaired) electrons. The summed E-state index contributed by atoms with van der Waals surface area (Å²) in [7, 11) is 0. The van der Waals surface area contributed by atoms with E-state index in [4.69, 9.17) is 4.74 Å². The molecular weight excluding hydrogens is 731 g/mol. The Hall–Kier alpha value is -5.61. The zero-order chi connectivity index (χ0) is 39.1. The summed E-state index contributed by atoms with van der Waals surface area (Å²) in [6.07, 6.45) is 4.02. The Labute approximate surface area is 319 Å². The van der Waals surface area contributed by atoms with Gasteiger partial charge in [-0.15, -0.1) is 0 Å². The summed E-state index contributed by atoms with van der Waals surface area (Å²) in [6, 6.07) is 14.3. The van der Waals surface area contributed by atoms with E-state index in [9.17, 15) is 28.7 Å². The molecule has 4 aromatic rings. The fourth-order valence-electron chi connectivity index (χ4n) is 8.21. The molecule has 56 heavy (non-hydrogen) atoms. The molecule has 4 atom stereocenters. The molecule has 1 aliphatic carbocycles. The van der Waals surface area contributed by atoms with Crippen LogP contribution in [0, 0.1) is 5.82 Å². The van der Waals surface area contributed by atoms with E-state index in [1.807, 2.05) is 6.07 Å². The van der Waals surface area contributed by atoms with Gasteiger partial charge in [-0.25, -0.2) is 9.37 Å². The van der Waals surface area contributed by atoms with Crippen LogP contribution in [0.1, 0.15) is 99.9 Å². The molecule has 2 aromatic heterocycles. The minimum Gasteiger partial charge on any atom is -0.474 e. The molecule has 8 rings (SSSR count). The number of carbonyl (C=O) groups excluding carboxylic acids is 4. The number of fused-ring (bicyclic) bond motifs is 1. The van der Waals surface area contributed by atoms with Crippen molar-refractivity contribution >= 4 is 29.4 Å². The van der Waals surface area contributed by atoms with E-state index in [0.717, 1.165) is 61.0 Å². The van der Waals surface area contributed by atoms with Gasteiger partial charge in [0.15, 0.2) is 5.82 Å². The summed E-state index contributed by atoms with van der Waals surface area (Å²) in [5, 5.41) is 21.2. The third kappa shape index (κ3) is 7.50. The predicted molar refractivity (Wildman–Crippen MR) is 194 cm³/mol. The van der Waals surface area contributed by atoms with Gasteiger partial charge in [0.1, 0.15) is 24.2 Å². The summed E-state index contributed by atoms with van der Waals surface area (Å²) < 4.78 is 49.6. The zero-order valence-corrected chi connectivity index (χ0v) is 30.2. The lowest BCUT2D eigenvalue weighted by Gasteiger charge is -2.32. The molecule has 5 heterocycles. The van der Waals surface area contributed by atoms with Gasteiger partial charge in [0, 0.05) is 35.9 Å². The number of piperidine rings is 2. The first-order valence-corrected chi connectivity index (χ1v) is 18.8. The predicted octanol–water partition coefficient (Wildman–Crippen LogP) is 4.96. The van der Waals surface area contributed by atoms with Gasteiger partial charge in [-0.05, 0) is 93.3 Å². The number of rotatable bonds is 10. The largest absolute Gasteiger partial charge is 0.474 e. The van der Waals surface area contributed by atoms with Gasteiger partial charge in [-0.2, -0.15) is 13.9 Å². The fourth-order valence-corrected chi connectivity index (χ4v) is 8.21. The van der Waals surface area contributed by atoms with Crippen LogP contribution in [0.15, 0.2) is 66.9 Å². The highest BCUT2D eigenvalue weighted by Gasteiger charge is 2.45. The number of hydrogen-bond acceptors (Lipinski definition) is 9. The SMILES string of the molecule is O=C1NC(O)CCC1N1C(=O)c2ccc(C3CCN(Cc4ccc(C(F)(F)C(=O)Nc5cc([C@H]6CCC(Oc7ccc(F)cn7)C6)[nH]n5)cc4)CC3)cc2C1=O. The van der Waals surface area contributed by atoms with Gasteiger partial charge in [-0.1, -0.05) is 30.3 Å². The number of aromatic nitrogens is 3. The average Bonchev–Trinajstić information content (AvgIpc) is 3.92. The van der Waals surface area contributed by atoms with Gasteiger partial charge in [-0.3, -0.25) is 34.1 Å². The molecule has 292 valence electrons. The molecule has 3 fully saturated rings. The van der Waals surface area contributed by atoms with Crippen molar-refractivity contribution in [2.24, 2.45) is 0 Å². The maximum Gasteiger partial charge on any atom is 0.350 e. The Bertz CT molecular complexity index is 2140. The van der Waals surface area contributed by atoms with Crippen LogP contribution in [-0.2, 0) is 22.1 Å². The van der Waals surface area contributed by atoms with Crippen LogP contribution >= 0.6 is 0 Å². The topological polar surface area (TPSA) is 170 Å². The van der Waals surface area contributed by atoms with Crippen LogP contribution in [0.2, 0.25) is 0 Å². The summed E-state index contributed by atoms with van der Waals surface area (Å²) in [4.78, 5) is 58.8. The lowest BCUT2D eigenvalue weighted by atomic mass is 9.87. The van der Waals surface area contributed by atoms with Crippen LogP contribution in [0.5, 0.6) is 5.88 Å². The summed E-state index contributed by atoms with van der Waals surface area (Å²) in [5.41, 5.74) is 2.54. The molecule has 2 saturated heterocycles. The van der Waals surface area contributed by atoms with Crippen molar-refractivity contribution < 1.29 is 42.2 Å². The van der Waals surface area contributed by atoms with Gasteiger partial charge in [0.25, 0.3) is 11.8 Å². The van der Waals surface area contributed by atoms with Crippen LogP contribution < -0.4 is 15.4 Å². The third-order valence-electron chi connectivity index (χ3n) is 11.3. The Morgan fingerprint density at radius 3 is 2.41 bits per heavy atom. The summed E-state index contributed by atoms with van der Waals surface area (Å²) in [6.45, 7) is 1.97. The van der Waals surface area contributed by atoms with E-state index < -0.39 is 53.2 Å². The van der Waals surface area contributed by atoms with Gasteiger partial charge >= 0.3 is 11.8 Å². The number of nitrogens with zero attached hydrogens (tertiary/aromatic N) is 4. The van der Waals surface area contributed by atoms with Crippen LogP contribution in [0.3, 0.4) is 0 Å². The molecule has 13 nitrogen and oxygen atoms in total. The number of ether oxygens (including phenoxy) is 1. The summed E-state index contributed by atoms with van der Waals surface area (Å²) >= 11 is 0. The first-order valence-electron chi connectivity index (χ1n) is 18.8. The second-order valence-corrected chi connectivity index (χ2v) is 15.0. The van der Waals surface area contributed by atoms with Crippen molar-refractivity contribution in [2.75, 3.05) is 18.4 Å². The number of aliphatic hydroxyl groups is 1. The molecule has 3 aliphatic heterocycles. The highest BCUT2D eigenvalue weighted by atomic mass is 19.3. The van der Waals surface area contributed by atoms with E-state index in [1.165, 1.54) is 24.3 Å². The zero-order valence-electron chi connectivity index (χ0n) is 30.2. The maximum atomic E-state index is 15.3. The van der Waals surface area contributed by atoms with Crippen molar-refractivity contribution in [1.82, 2.24) is 30.3 Å². The molecule has 0 bridgehead atoms. The number of alkyl halides is 2. The van der Waals surface area contributed by atoms with E-state index in [0.29, 0.717) is 24.5 Å². The van der Waals surface area contributed by atoms with Crippen molar-refractivity contribution in [2.45, 2.75) is 87.6 Å². The van der Waals surface area contributed by atoms with E-state index >= 15 is 8.78 Å². The number of amides is 4. The van der Waals surface area contributed by atoms with Gasteiger partial charge in [0.05, 0.1) is 17.3 Å². The second kappa shape index (κ2) is 15.1. The molecule has 0 spiro atoms. The third-order valence-corrected chi connectivity index (χ3v) is 11.3. The van der Waals surface area contributed by atoms with Gasteiger partial charge < -0.3 is 20.5 Å². The molecule has 3 unspecified atom stereocenters. The Balaban J connectivity index is 0.817. The Morgan fingerprint density at radius 1 is 0.911 bits per heavy atom. The number of anilines is 1. The minimum atomic E-state index is -3.81. The number of carbonyl (C=O) groups is 4. The number of aliphatic hydroxyl groups excluding tert-OH is 1. The van der Waals surface area contributed by atoms with Crippen molar-refractivity contribution in [3.05, 3.63) is 106 Å². The smallest absolute Gasteiger partial charge is 0.350 e. The van der Waals surface area contributed by atoms with Crippen molar-refractivity contribution in [3.63, 3.8) is 0 Å². The number of aromatic amines is 1. The number of hydrogen-bond donors (Lipinski definition) is 4. The highest BCUT2D eigenvalue weighted by Crippen LogP contribution is 2.38. The molecule has 4 amide bonds. The number of H-pyrrole nitrogens is 1. The van der Waals surface area contributed by atoms with Crippen molar-refractivity contribution in [1.29, 1.82) is 0 Å². The van der Waals surface area contributed by atoms with Crippen LogP contribution in [-0.4, -0.2) is 85.2 Å². The molecular formula is C40H40F3N7O6. The molecule has 16 heteroatoms. The second-order valence-electron chi connectivity index (χ2n) is 15.0. The number of halogens is 3. The average molecular weight is 772 g/mol. The number of likely N-dealkylation sites (tertiary alicyclic amines) is 1. The van der Waals surface area contributed by atoms with Gasteiger partial charge in [0.2, 0.25) is 11.8 Å². The number of nitrogens with one attached hydrogen (secondary N) is 3. The Morgan fingerprint density at radius 2 is 1.68 bits per heavy atom. The van der Waals surface area contributed by atoms with E-state index in [1.54, 1.807) is 30.3 Å². The number of imide groups is 1. The highest BCUT2D eigenvalue weighted by molar-refractivity contribution is 6.23. The van der Waals surface area contributed by atoms with Crippen LogP contribution in [0.4, 0.5) is 19.0 Å². The fraction of sp³-hybridized carbons (Fsp3) is 0.400. The number of pyridine rings is 1. The normalized spacial score (nSPS) is 23.3. The molecule has 4 N–H and O–H groups in total. The maximum absolute atomic E-state index is 15.3. The van der Waals surface area contributed by atoms with E-state index in [2.05, 4.69) is 30.7 Å². The first kappa shape index (κ1) is 37.3. The van der Waals surface area contributed by atoms with E-state index in [-0.39, 0.29) is 47.7 Å². The number of benzene rings is 2. The molecule has 4 aliphatic rings. The molecule has 2 aromatic carbocycles. The molecule has 1 saturated carbocycles. The monoisotopic (exact) mass is 771 g/mol. The lowest BCUT2D eigenvalue weighted by Crippen LogP contribution is -2.55. The minimum absolute atomic E-state index is 0.00812. The summed E-state index contributed by atoms with van der Waals surface area (Å²) in [5.74, 6) is -6.87. The Kier molecular flexibility index (Phi) is 10.1. The van der Waals surface area contributed by atoms with Crippen molar-refractivity contribution in [3.8, 4) is 5.88 Å². The quantitative estimate of drug-likeness (QED) is 0.163. The first-order chi connectivity index (χ1) is 26.9. The van der Waals surface area contributed by atoms with Crippen LogP contribution in [0.25, 0.3) is 0 Å². The lowest BCUT2D eigenvalue weighted by molar-refractivity contribution is -0.141.